The monoisotopic (exact) mass is 458 g/mol. The number of phenolic OH excluding ortho intramolecular Hbond substituents is 1. The summed E-state index contributed by atoms with van der Waals surface area (Å²) in [6, 6.07) is 7.63. The molecule has 0 unspecified atom stereocenters. The Morgan fingerprint density at radius 2 is 1.12 bits per heavy atom. The molecule has 1 rings (SSSR count). The first-order chi connectivity index (χ1) is 16.0. The van der Waals surface area contributed by atoms with Gasteiger partial charge in [-0.05, 0) is 57.2 Å². The Balaban J connectivity index is 1.76. The lowest BCUT2D eigenvalue weighted by atomic mass is 10.0. The van der Waals surface area contributed by atoms with E-state index in [-0.39, 0.29) is 5.92 Å². The molecule has 1 aromatic rings. The van der Waals surface area contributed by atoms with Gasteiger partial charge in [0.2, 0.25) is 0 Å². The molecule has 33 heavy (non-hydrogen) atoms. The second-order valence-corrected chi connectivity index (χ2v) is 9.96. The van der Waals surface area contributed by atoms with Gasteiger partial charge in [0.05, 0.1) is 5.92 Å². The van der Waals surface area contributed by atoms with Crippen LogP contribution in [0.15, 0.2) is 35.9 Å². The van der Waals surface area contributed by atoms with Gasteiger partial charge in [-0.3, -0.25) is 4.79 Å². The normalized spacial score (nSPS) is 12.7. The fourth-order valence-electron chi connectivity index (χ4n) is 4.45. The molecule has 0 fully saturated rings. The zero-order valence-corrected chi connectivity index (χ0v) is 21.5. The van der Waals surface area contributed by atoms with Crippen LogP contribution < -0.4 is 0 Å². The first-order valence-electron chi connectivity index (χ1n) is 13.7. The van der Waals surface area contributed by atoms with Crippen molar-refractivity contribution in [3.63, 3.8) is 0 Å². The fraction of sp³-hybridized carbons (Fsp3) is 0.700. The van der Waals surface area contributed by atoms with E-state index in [1.807, 2.05) is 18.2 Å². The van der Waals surface area contributed by atoms with Gasteiger partial charge in [0.1, 0.15) is 5.75 Å². The molecule has 0 radical (unpaired) electrons. The lowest BCUT2D eigenvalue weighted by Gasteiger charge is -2.05. The van der Waals surface area contributed by atoms with Crippen molar-refractivity contribution in [2.45, 2.75) is 129 Å². The van der Waals surface area contributed by atoms with Gasteiger partial charge >= 0.3 is 5.97 Å². The van der Waals surface area contributed by atoms with Crippen molar-refractivity contribution in [3.05, 3.63) is 41.5 Å². The maximum Gasteiger partial charge on any atom is 0.310 e. The van der Waals surface area contributed by atoms with Crippen LogP contribution in [0.1, 0.15) is 129 Å². The number of phenols is 1. The first-order valence-corrected chi connectivity index (χ1v) is 13.7. The Bertz CT molecular complexity index is 632. The van der Waals surface area contributed by atoms with Crippen LogP contribution >= 0.6 is 0 Å². The number of carboxylic acids is 1. The summed E-state index contributed by atoms with van der Waals surface area (Å²) < 4.78 is 0. The number of carboxylic acid groups (broad SMARTS) is 1. The van der Waals surface area contributed by atoms with Gasteiger partial charge in [0.25, 0.3) is 0 Å². The topological polar surface area (TPSA) is 57.5 Å². The molecule has 2 N–H and O–H groups in total. The zero-order valence-electron chi connectivity index (χ0n) is 21.5. The predicted octanol–water partition coefficient (Wildman–Crippen LogP) is 9.23. The maximum absolute atomic E-state index is 10.9. The highest BCUT2D eigenvalue weighted by molar-refractivity contribution is 5.71. The van der Waals surface area contributed by atoms with Gasteiger partial charge in [-0.1, -0.05) is 114 Å². The molecule has 0 bridgehead atoms. The van der Waals surface area contributed by atoms with Crippen LogP contribution in [0, 0.1) is 5.92 Å². The van der Waals surface area contributed by atoms with Crippen molar-refractivity contribution in [1.82, 2.24) is 0 Å². The van der Waals surface area contributed by atoms with Crippen LogP contribution in [-0.4, -0.2) is 16.2 Å². The Labute approximate surface area is 203 Å². The van der Waals surface area contributed by atoms with Crippen LogP contribution in [0.3, 0.4) is 0 Å². The highest BCUT2D eigenvalue weighted by atomic mass is 16.4. The number of hydrogen-bond acceptors (Lipinski definition) is 2. The van der Waals surface area contributed by atoms with Crippen molar-refractivity contribution in [1.29, 1.82) is 0 Å². The third-order valence-electron chi connectivity index (χ3n) is 6.65. The van der Waals surface area contributed by atoms with Crippen molar-refractivity contribution in [3.8, 4) is 5.75 Å². The summed E-state index contributed by atoms with van der Waals surface area (Å²) >= 11 is 0. The third kappa shape index (κ3) is 17.4. The molecule has 0 amide bonds. The summed E-state index contributed by atoms with van der Waals surface area (Å²) in [4.78, 5) is 10.9. The number of aryl methyl sites for hydroxylation is 1. The van der Waals surface area contributed by atoms with E-state index in [1.54, 1.807) is 19.1 Å². The summed E-state index contributed by atoms with van der Waals surface area (Å²) in [6.45, 7) is 3.80. The van der Waals surface area contributed by atoms with E-state index >= 15 is 0 Å². The van der Waals surface area contributed by atoms with Gasteiger partial charge in [-0.15, -0.1) is 0 Å². The number of carbonyl (C=O) groups is 1. The zero-order chi connectivity index (χ0) is 24.2. The summed E-state index contributed by atoms with van der Waals surface area (Å²) in [5, 5.41) is 18.2. The summed E-state index contributed by atoms with van der Waals surface area (Å²) in [6.07, 6.45) is 25.6. The van der Waals surface area contributed by atoms with Crippen molar-refractivity contribution in [2.75, 3.05) is 0 Å². The molecule has 0 aliphatic rings. The molecule has 0 aliphatic carbocycles. The Morgan fingerprint density at radius 1 is 0.727 bits per heavy atom. The molecule has 1 aromatic carbocycles. The van der Waals surface area contributed by atoms with E-state index in [0.29, 0.717) is 5.75 Å². The summed E-state index contributed by atoms with van der Waals surface area (Å²) in [5.41, 5.74) is 2.55. The number of rotatable bonds is 21. The minimum Gasteiger partial charge on any atom is -0.508 e. The fourth-order valence-corrected chi connectivity index (χ4v) is 4.45. The minimum absolute atomic E-state index is 0.358. The molecule has 3 nitrogen and oxygen atoms in total. The molecule has 0 saturated carbocycles. The van der Waals surface area contributed by atoms with E-state index < -0.39 is 5.97 Å². The van der Waals surface area contributed by atoms with Crippen LogP contribution in [0.5, 0.6) is 5.75 Å². The molecule has 0 heterocycles. The maximum atomic E-state index is 10.9. The van der Waals surface area contributed by atoms with E-state index in [4.69, 9.17) is 5.11 Å². The standard InChI is InChI=1S/C30H50O3/c1-26(25-27(2)30(32)33)19-17-15-13-11-9-7-5-3-4-6-8-10-12-14-16-18-20-28-21-23-29(31)24-22-28/h21-25,27,31H,3-20H2,1-2H3,(H,32,33)/b26-25+/t27-/m0/s1. The van der Waals surface area contributed by atoms with Gasteiger partial charge in [0, 0.05) is 0 Å². The lowest BCUT2D eigenvalue weighted by molar-refractivity contribution is -0.139. The number of hydrogen-bond donors (Lipinski definition) is 2. The minimum atomic E-state index is -0.733. The molecule has 0 spiro atoms. The Hall–Kier alpha value is -1.77. The Kier molecular flexibility index (Phi) is 17.4. The van der Waals surface area contributed by atoms with E-state index in [9.17, 15) is 9.90 Å². The summed E-state index contributed by atoms with van der Waals surface area (Å²) in [5.74, 6) is -0.738. The lowest BCUT2D eigenvalue weighted by Crippen LogP contribution is -2.06. The van der Waals surface area contributed by atoms with Crippen molar-refractivity contribution >= 4 is 5.97 Å². The second-order valence-electron chi connectivity index (χ2n) is 9.96. The average molecular weight is 459 g/mol. The highest BCUT2D eigenvalue weighted by Crippen LogP contribution is 2.17. The van der Waals surface area contributed by atoms with Crippen molar-refractivity contribution < 1.29 is 15.0 Å². The average Bonchev–Trinajstić information content (AvgIpc) is 2.79. The van der Waals surface area contributed by atoms with E-state index in [2.05, 4.69) is 6.92 Å². The molecule has 188 valence electrons. The van der Waals surface area contributed by atoms with Gasteiger partial charge in [-0.2, -0.15) is 0 Å². The first kappa shape index (κ1) is 29.3. The van der Waals surface area contributed by atoms with Gasteiger partial charge in [-0.25, -0.2) is 0 Å². The van der Waals surface area contributed by atoms with Crippen LogP contribution in [-0.2, 0) is 11.2 Å². The molecule has 0 aromatic heterocycles. The molecule has 0 aliphatic heterocycles. The van der Waals surface area contributed by atoms with Gasteiger partial charge in [0.15, 0.2) is 0 Å². The predicted molar refractivity (Wildman–Crippen MR) is 141 cm³/mol. The van der Waals surface area contributed by atoms with Crippen LogP contribution in [0.25, 0.3) is 0 Å². The largest absolute Gasteiger partial charge is 0.508 e. The SMILES string of the molecule is C/C(=C\[C@H](C)C(=O)O)CCCCCCCCCCCCCCCCCCc1ccc(O)cc1. The smallest absolute Gasteiger partial charge is 0.310 e. The number of unbranched alkanes of at least 4 members (excludes halogenated alkanes) is 15. The molecule has 1 atom stereocenters. The van der Waals surface area contributed by atoms with E-state index in [0.717, 1.165) is 12.8 Å². The number of aromatic hydroxyl groups is 1. The molecule has 3 heteroatoms. The van der Waals surface area contributed by atoms with Gasteiger partial charge < -0.3 is 10.2 Å². The molecular formula is C30H50O3. The van der Waals surface area contributed by atoms with E-state index in [1.165, 1.54) is 114 Å². The second kappa shape index (κ2) is 19.7. The molecule has 0 saturated heterocycles. The number of benzene rings is 1. The molecular weight excluding hydrogens is 408 g/mol. The van der Waals surface area contributed by atoms with Crippen LogP contribution in [0.2, 0.25) is 0 Å². The quantitative estimate of drug-likeness (QED) is 0.142. The third-order valence-corrected chi connectivity index (χ3v) is 6.65. The highest BCUT2D eigenvalue weighted by Gasteiger charge is 2.07. The Morgan fingerprint density at radius 3 is 1.55 bits per heavy atom. The number of allylic oxidation sites excluding steroid dienone is 1. The van der Waals surface area contributed by atoms with Crippen LogP contribution in [0.4, 0.5) is 0 Å². The number of aliphatic carboxylic acids is 1. The van der Waals surface area contributed by atoms with Crippen molar-refractivity contribution in [2.24, 2.45) is 5.92 Å². The summed E-state index contributed by atoms with van der Waals surface area (Å²) in [7, 11) is 0.